The van der Waals surface area contributed by atoms with E-state index >= 15 is 0 Å². The fourth-order valence-electron chi connectivity index (χ4n) is 2.57. The van der Waals surface area contributed by atoms with Crippen LogP contribution in [0.25, 0.3) is 6.08 Å². The topological polar surface area (TPSA) is 88.4 Å². The molecule has 0 spiro atoms. The van der Waals surface area contributed by atoms with Crippen molar-refractivity contribution in [2.24, 2.45) is 0 Å². The summed E-state index contributed by atoms with van der Waals surface area (Å²) in [5, 5.41) is 10.5. The molecule has 30 heavy (non-hydrogen) atoms. The lowest BCUT2D eigenvalue weighted by atomic mass is 10.1. The second-order valence-corrected chi connectivity index (χ2v) is 6.93. The van der Waals surface area contributed by atoms with Gasteiger partial charge in [0.05, 0.1) is 28.7 Å². The van der Waals surface area contributed by atoms with Crippen LogP contribution >= 0.6 is 11.8 Å². The number of benzene rings is 2. The van der Waals surface area contributed by atoms with Gasteiger partial charge in [-0.25, -0.2) is 0 Å². The third-order valence-corrected chi connectivity index (χ3v) is 4.65. The number of nitriles is 1. The van der Waals surface area contributed by atoms with Gasteiger partial charge in [-0.05, 0) is 60.7 Å². The number of nitrogens with one attached hydrogen (secondary N) is 1. The van der Waals surface area contributed by atoms with Crippen LogP contribution in [0, 0.1) is 11.3 Å². The van der Waals surface area contributed by atoms with E-state index < -0.39 is 28.6 Å². The Morgan fingerprint density at radius 1 is 1.13 bits per heavy atom. The van der Waals surface area contributed by atoms with Gasteiger partial charge in [-0.2, -0.15) is 18.4 Å². The van der Waals surface area contributed by atoms with Gasteiger partial charge in [0, 0.05) is 0 Å². The molecule has 0 aliphatic carbocycles. The molecule has 3 rings (SSSR count). The number of imide groups is 1. The summed E-state index contributed by atoms with van der Waals surface area (Å²) in [6, 6.07) is 9.06. The second-order valence-electron chi connectivity index (χ2n) is 5.91. The number of alkyl halides is 3. The molecule has 2 aromatic carbocycles. The predicted molar refractivity (Wildman–Crippen MR) is 103 cm³/mol. The third-order valence-electron chi connectivity index (χ3n) is 3.84. The summed E-state index contributed by atoms with van der Waals surface area (Å²) in [5.41, 5.74) is -0.745. The van der Waals surface area contributed by atoms with Crippen LogP contribution in [0.2, 0.25) is 0 Å². The second kappa shape index (κ2) is 8.51. The number of halogens is 3. The monoisotopic (exact) mass is 434 g/mol. The van der Waals surface area contributed by atoms with Gasteiger partial charge in [0.15, 0.2) is 11.5 Å². The molecule has 1 saturated heterocycles. The Kier molecular flexibility index (Phi) is 6.03. The maximum atomic E-state index is 13.4. The molecular weight excluding hydrogens is 421 g/mol. The van der Waals surface area contributed by atoms with Gasteiger partial charge in [-0.1, -0.05) is 6.07 Å². The molecule has 0 unspecified atom stereocenters. The van der Waals surface area contributed by atoms with Gasteiger partial charge in [0.1, 0.15) is 5.75 Å². The van der Waals surface area contributed by atoms with Crippen LogP contribution in [0.3, 0.4) is 0 Å². The zero-order valence-corrected chi connectivity index (χ0v) is 16.2. The first kappa shape index (κ1) is 21.3. The van der Waals surface area contributed by atoms with Crippen molar-refractivity contribution in [1.82, 2.24) is 5.32 Å². The van der Waals surface area contributed by atoms with Crippen LogP contribution in [0.1, 0.15) is 23.6 Å². The van der Waals surface area contributed by atoms with E-state index in [-0.39, 0.29) is 28.6 Å². The Morgan fingerprint density at radius 3 is 2.47 bits per heavy atom. The highest BCUT2D eigenvalue weighted by Crippen LogP contribution is 2.41. The molecule has 154 valence electrons. The van der Waals surface area contributed by atoms with Crippen LogP contribution in [-0.2, 0) is 11.0 Å². The van der Waals surface area contributed by atoms with E-state index in [1.807, 2.05) is 0 Å². The largest absolute Gasteiger partial charge is 0.490 e. The number of carbonyl (C=O) groups is 2. The van der Waals surface area contributed by atoms with E-state index in [4.69, 9.17) is 14.7 Å². The van der Waals surface area contributed by atoms with Crippen molar-refractivity contribution >= 4 is 29.0 Å². The molecule has 1 aliphatic heterocycles. The zero-order valence-electron chi connectivity index (χ0n) is 15.4. The summed E-state index contributed by atoms with van der Waals surface area (Å²) < 4.78 is 51.1. The number of nitrogens with zero attached hydrogens (tertiary/aromatic N) is 1. The normalized spacial score (nSPS) is 15.1. The SMILES string of the molecule is CCOc1cc(/C=C2\SC(=O)NC2=O)ccc1Oc1ccc(C#N)cc1C(F)(F)F. The summed E-state index contributed by atoms with van der Waals surface area (Å²) in [6.07, 6.45) is -3.27. The Hall–Kier alpha value is -3.45. The van der Waals surface area contributed by atoms with Crippen LogP contribution in [0.5, 0.6) is 17.2 Å². The van der Waals surface area contributed by atoms with E-state index in [1.54, 1.807) is 13.0 Å². The predicted octanol–water partition coefficient (Wildman–Crippen LogP) is 5.09. The molecule has 2 amide bonds. The summed E-state index contributed by atoms with van der Waals surface area (Å²) in [6.45, 7) is 1.90. The molecule has 1 N–H and O–H groups in total. The highest BCUT2D eigenvalue weighted by Gasteiger charge is 2.35. The minimum Gasteiger partial charge on any atom is -0.490 e. The maximum absolute atomic E-state index is 13.4. The Morgan fingerprint density at radius 2 is 1.87 bits per heavy atom. The minimum absolute atomic E-state index is 0.0220. The fraction of sp³-hybridized carbons (Fsp3) is 0.150. The van der Waals surface area contributed by atoms with Gasteiger partial charge in [0.25, 0.3) is 11.1 Å². The third kappa shape index (κ3) is 4.75. The number of thioether (sulfide) groups is 1. The molecule has 1 heterocycles. The van der Waals surface area contributed by atoms with Crippen LogP contribution in [-0.4, -0.2) is 17.8 Å². The fourth-order valence-corrected chi connectivity index (χ4v) is 3.25. The summed E-state index contributed by atoms with van der Waals surface area (Å²) in [5.74, 6) is -0.839. The van der Waals surface area contributed by atoms with Gasteiger partial charge in [-0.15, -0.1) is 0 Å². The molecule has 0 saturated carbocycles. The first-order valence-corrected chi connectivity index (χ1v) is 9.34. The van der Waals surface area contributed by atoms with Crippen molar-refractivity contribution in [3.8, 4) is 23.3 Å². The Balaban J connectivity index is 1.97. The summed E-state index contributed by atoms with van der Waals surface area (Å²) >= 11 is 0.741. The van der Waals surface area contributed by atoms with Crippen LogP contribution < -0.4 is 14.8 Å². The molecule has 0 atom stereocenters. The van der Waals surface area contributed by atoms with Crippen molar-refractivity contribution in [2.75, 3.05) is 6.61 Å². The molecule has 10 heteroatoms. The average Bonchev–Trinajstić information content (AvgIpc) is 3.00. The lowest BCUT2D eigenvalue weighted by Crippen LogP contribution is -2.17. The van der Waals surface area contributed by atoms with Gasteiger partial charge in [-0.3, -0.25) is 14.9 Å². The van der Waals surface area contributed by atoms with Crippen molar-refractivity contribution < 1.29 is 32.2 Å². The molecule has 1 fully saturated rings. The van der Waals surface area contributed by atoms with E-state index in [0.717, 1.165) is 17.8 Å². The quantitative estimate of drug-likeness (QED) is 0.660. The van der Waals surface area contributed by atoms with Crippen molar-refractivity contribution in [3.63, 3.8) is 0 Å². The highest BCUT2D eigenvalue weighted by atomic mass is 32.2. The van der Waals surface area contributed by atoms with Crippen molar-refractivity contribution in [1.29, 1.82) is 5.26 Å². The van der Waals surface area contributed by atoms with Gasteiger partial charge in [0.2, 0.25) is 0 Å². The van der Waals surface area contributed by atoms with Crippen molar-refractivity contribution in [2.45, 2.75) is 13.1 Å². The van der Waals surface area contributed by atoms with E-state index in [1.165, 1.54) is 30.3 Å². The molecule has 2 aromatic rings. The first-order chi connectivity index (χ1) is 14.2. The van der Waals surface area contributed by atoms with Gasteiger partial charge >= 0.3 is 6.18 Å². The van der Waals surface area contributed by atoms with Crippen molar-refractivity contribution in [3.05, 3.63) is 58.0 Å². The Labute approximate surface area is 173 Å². The van der Waals surface area contributed by atoms with Gasteiger partial charge < -0.3 is 9.47 Å². The molecule has 6 nitrogen and oxygen atoms in total. The Bertz CT molecular complexity index is 1090. The van der Waals surface area contributed by atoms with E-state index in [2.05, 4.69) is 5.32 Å². The number of hydrogen-bond acceptors (Lipinski definition) is 6. The number of amides is 2. The molecule has 0 aromatic heterocycles. The van der Waals surface area contributed by atoms with Crippen LogP contribution in [0.15, 0.2) is 41.3 Å². The summed E-state index contributed by atoms with van der Waals surface area (Å²) in [7, 11) is 0. The van der Waals surface area contributed by atoms with Crippen LogP contribution in [0.4, 0.5) is 18.0 Å². The van der Waals surface area contributed by atoms with E-state index in [9.17, 15) is 22.8 Å². The van der Waals surface area contributed by atoms with E-state index in [0.29, 0.717) is 11.6 Å². The molecule has 0 radical (unpaired) electrons. The zero-order chi connectivity index (χ0) is 21.9. The average molecular weight is 434 g/mol. The maximum Gasteiger partial charge on any atom is 0.420 e. The minimum atomic E-state index is -4.72. The smallest absolute Gasteiger partial charge is 0.420 e. The lowest BCUT2D eigenvalue weighted by Gasteiger charge is -2.16. The number of hydrogen-bond donors (Lipinski definition) is 1. The lowest BCUT2D eigenvalue weighted by molar-refractivity contribution is -0.138. The molecular formula is C20H13F3N2O4S. The standard InChI is InChI=1S/C20H13F3N2O4S/c1-2-28-16-8-11(9-17-18(26)25-19(27)30-17)3-6-15(16)29-14-5-4-12(10-24)7-13(14)20(21,22)23/h3-9H,2H2,1H3,(H,25,26,27)/b17-9-. The number of carbonyl (C=O) groups excluding carboxylic acids is 2. The molecule has 0 bridgehead atoms. The number of ether oxygens (including phenoxy) is 2. The highest BCUT2D eigenvalue weighted by molar-refractivity contribution is 8.18. The summed E-state index contributed by atoms with van der Waals surface area (Å²) in [4.78, 5) is 23.1. The number of rotatable bonds is 5. The molecule has 1 aliphatic rings. The first-order valence-electron chi connectivity index (χ1n) is 8.52.